The van der Waals surface area contributed by atoms with Gasteiger partial charge in [-0.15, -0.1) is 0 Å². The van der Waals surface area contributed by atoms with Crippen molar-refractivity contribution in [1.29, 1.82) is 0 Å². The van der Waals surface area contributed by atoms with Crippen molar-refractivity contribution < 1.29 is 9.53 Å². The molecule has 0 fully saturated rings. The molecule has 3 N–H and O–H groups in total. The Morgan fingerprint density at radius 1 is 0.917 bits per heavy atom. The molecule has 0 atom stereocenters. The van der Waals surface area contributed by atoms with Crippen LogP contribution in [0.3, 0.4) is 0 Å². The summed E-state index contributed by atoms with van der Waals surface area (Å²) in [4.78, 5) is 23.1. The number of nitrogens with zero attached hydrogens (tertiary/aromatic N) is 3. The molecule has 186 valence electrons. The molecular weight excluding hydrogens is 452 g/mol. The Hall–Kier alpha value is -4.17. The topological polar surface area (TPSA) is 91.4 Å². The molecule has 0 radical (unpaired) electrons. The zero-order valence-corrected chi connectivity index (χ0v) is 20.7. The molecule has 3 aromatic carbocycles. The van der Waals surface area contributed by atoms with Gasteiger partial charge in [-0.2, -0.15) is 0 Å². The van der Waals surface area contributed by atoms with Gasteiger partial charge in [-0.3, -0.25) is 0 Å². The molecule has 0 aliphatic heterocycles. The maximum absolute atomic E-state index is 12.2. The van der Waals surface area contributed by atoms with Crippen LogP contribution in [0.5, 0.6) is 5.75 Å². The highest BCUT2D eigenvalue weighted by molar-refractivity contribution is 5.99. The van der Waals surface area contributed by atoms with Crippen LogP contribution in [0.4, 0.5) is 22.0 Å². The van der Waals surface area contributed by atoms with Gasteiger partial charge in [0, 0.05) is 35.9 Å². The monoisotopic (exact) mass is 484 g/mol. The quantitative estimate of drug-likeness (QED) is 0.252. The van der Waals surface area contributed by atoms with Crippen LogP contribution in [0.15, 0.2) is 79.1 Å². The van der Waals surface area contributed by atoms with Crippen molar-refractivity contribution in [2.24, 2.45) is 0 Å². The molecule has 0 unspecified atom stereocenters. The summed E-state index contributed by atoms with van der Waals surface area (Å²) in [6.45, 7) is 2.38. The highest BCUT2D eigenvalue weighted by Gasteiger charge is 2.06. The fourth-order valence-electron chi connectivity index (χ4n) is 3.73. The third-order valence-electron chi connectivity index (χ3n) is 5.58. The number of rotatable bonds is 11. The predicted molar refractivity (Wildman–Crippen MR) is 146 cm³/mol. The van der Waals surface area contributed by atoms with Gasteiger partial charge in [-0.1, -0.05) is 30.3 Å². The van der Waals surface area contributed by atoms with E-state index in [2.05, 4.69) is 44.9 Å². The van der Waals surface area contributed by atoms with E-state index in [9.17, 15) is 4.79 Å². The summed E-state index contributed by atoms with van der Waals surface area (Å²) in [5.74, 6) is 1.62. The van der Waals surface area contributed by atoms with Crippen LogP contribution < -0.4 is 20.7 Å². The summed E-state index contributed by atoms with van der Waals surface area (Å²) in [6, 6.07) is 22.8. The van der Waals surface area contributed by atoms with Crippen molar-refractivity contribution in [1.82, 2.24) is 14.9 Å². The van der Waals surface area contributed by atoms with Gasteiger partial charge in [-0.25, -0.2) is 14.8 Å². The smallest absolute Gasteiger partial charge is 0.323 e. The van der Waals surface area contributed by atoms with Crippen LogP contribution in [0, 0.1) is 0 Å². The van der Waals surface area contributed by atoms with Crippen molar-refractivity contribution >= 4 is 34.1 Å². The van der Waals surface area contributed by atoms with E-state index in [0.29, 0.717) is 6.61 Å². The second kappa shape index (κ2) is 12.5. The number of ether oxygens (including phenoxy) is 1. The van der Waals surface area contributed by atoms with Gasteiger partial charge >= 0.3 is 6.03 Å². The Labute approximate surface area is 211 Å². The van der Waals surface area contributed by atoms with Gasteiger partial charge in [0.1, 0.15) is 17.9 Å². The van der Waals surface area contributed by atoms with Crippen LogP contribution in [0.2, 0.25) is 0 Å². The minimum atomic E-state index is -0.270. The van der Waals surface area contributed by atoms with E-state index in [0.717, 1.165) is 65.3 Å². The number of hydrogen-bond donors (Lipinski definition) is 3. The number of urea groups is 1. The number of hydrogen-bond acceptors (Lipinski definition) is 6. The Kier molecular flexibility index (Phi) is 8.67. The van der Waals surface area contributed by atoms with Crippen molar-refractivity contribution in [3.8, 4) is 5.75 Å². The fraction of sp³-hybridized carbons (Fsp3) is 0.250. The van der Waals surface area contributed by atoms with Gasteiger partial charge in [0.25, 0.3) is 0 Å². The molecular formula is C28H32N6O2. The predicted octanol–water partition coefficient (Wildman–Crippen LogP) is 5.26. The highest BCUT2D eigenvalue weighted by Crippen LogP contribution is 2.24. The average molecular weight is 485 g/mol. The largest absolute Gasteiger partial charge is 0.493 e. The van der Waals surface area contributed by atoms with E-state index in [1.165, 1.54) is 0 Å². The van der Waals surface area contributed by atoms with E-state index in [4.69, 9.17) is 4.74 Å². The number of carbonyl (C=O) groups is 1. The summed E-state index contributed by atoms with van der Waals surface area (Å²) >= 11 is 0. The molecule has 0 aliphatic carbocycles. The Balaban J connectivity index is 1.26. The molecule has 0 saturated heterocycles. The van der Waals surface area contributed by atoms with Gasteiger partial charge in [0.2, 0.25) is 0 Å². The SMILES string of the molecule is CN(C)CCCOc1ccc2c(NCCc3ccc(NC(=O)Nc4ccccc4)cc3)ncnc2c1. The zero-order valence-electron chi connectivity index (χ0n) is 20.7. The van der Waals surface area contributed by atoms with E-state index >= 15 is 0 Å². The molecule has 0 saturated carbocycles. The lowest BCUT2D eigenvalue weighted by Crippen LogP contribution is -2.19. The maximum Gasteiger partial charge on any atom is 0.323 e. The lowest BCUT2D eigenvalue weighted by atomic mass is 10.1. The third-order valence-corrected chi connectivity index (χ3v) is 5.58. The van der Waals surface area contributed by atoms with Crippen molar-refractivity contribution in [3.63, 3.8) is 0 Å². The zero-order chi connectivity index (χ0) is 25.2. The van der Waals surface area contributed by atoms with Crippen molar-refractivity contribution in [2.75, 3.05) is 49.7 Å². The first-order valence-corrected chi connectivity index (χ1v) is 12.0. The van der Waals surface area contributed by atoms with E-state index in [-0.39, 0.29) is 6.03 Å². The third kappa shape index (κ3) is 7.41. The average Bonchev–Trinajstić information content (AvgIpc) is 2.88. The van der Waals surface area contributed by atoms with E-state index in [1.54, 1.807) is 6.33 Å². The molecule has 0 bridgehead atoms. The van der Waals surface area contributed by atoms with Gasteiger partial charge in [0.05, 0.1) is 12.1 Å². The second-order valence-corrected chi connectivity index (χ2v) is 8.73. The van der Waals surface area contributed by atoms with E-state index in [1.807, 2.05) is 72.8 Å². The van der Waals surface area contributed by atoms with Crippen LogP contribution in [-0.4, -0.2) is 54.7 Å². The summed E-state index contributed by atoms with van der Waals surface area (Å²) in [6.07, 6.45) is 3.36. The Bertz CT molecular complexity index is 1260. The van der Waals surface area contributed by atoms with Crippen LogP contribution in [-0.2, 0) is 6.42 Å². The molecule has 36 heavy (non-hydrogen) atoms. The lowest BCUT2D eigenvalue weighted by molar-refractivity contribution is 0.262. The summed E-state index contributed by atoms with van der Waals surface area (Å²) in [5.41, 5.74) is 3.49. The number of nitrogens with one attached hydrogen (secondary N) is 3. The van der Waals surface area contributed by atoms with Gasteiger partial charge in [-0.05, 0) is 68.9 Å². The number of aromatic nitrogens is 2. The molecule has 4 aromatic rings. The van der Waals surface area contributed by atoms with Gasteiger partial charge in [0.15, 0.2) is 0 Å². The number of benzene rings is 3. The van der Waals surface area contributed by atoms with Gasteiger partial charge < -0.3 is 25.6 Å². The first-order chi connectivity index (χ1) is 17.6. The summed E-state index contributed by atoms with van der Waals surface area (Å²) in [5, 5.41) is 10.0. The van der Waals surface area contributed by atoms with Crippen molar-refractivity contribution in [2.45, 2.75) is 12.8 Å². The Morgan fingerprint density at radius 3 is 2.42 bits per heavy atom. The minimum absolute atomic E-state index is 0.270. The molecule has 8 nitrogen and oxygen atoms in total. The molecule has 2 amide bonds. The number of amides is 2. The molecule has 1 heterocycles. The first-order valence-electron chi connectivity index (χ1n) is 12.0. The standard InChI is InChI=1S/C28H32N6O2/c1-34(2)17-6-18-36-24-13-14-25-26(19-24)30-20-31-27(25)29-16-15-21-9-11-23(12-10-21)33-28(35)32-22-7-4-3-5-8-22/h3-5,7-14,19-20H,6,15-18H2,1-2H3,(H,29,30,31)(H2,32,33,35). The van der Waals surface area contributed by atoms with Crippen LogP contribution in [0.1, 0.15) is 12.0 Å². The number of fused-ring (bicyclic) bond motifs is 1. The molecule has 0 aliphatic rings. The fourth-order valence-corrected chi connectivity index (χ4v) is 3.73. The Morgan fingerprint density at radius 2 is 1.67 bits per heavy atom. The van der Waals surface area contributed by atoms with E-state index < -0.39 is 0 Å². The maximum atomic E-state index is 12.2. The van der Waals surface area contributed by atoms with Crippen LogP contribution in [0.25, 0.3) is 10.9 Å². The normalized spacial score (nSPS) is 10.9. The van der Waals surface area contributed by atoms with Crippen molar-refractivity contribution in [3.05, 3.63) is 84.7 Å². The number of carbonyl (C=O) groups excluding carboxylic acids is 1. The summed E-state index contributed by atoms with van der Waals surface area (Å²) in [7, 11) is 4.11. The molecule has 1 aromatic heterocycles. The highest BCUT2D eigenvalue weighted by atomic mass is 16.5. The van der Waals surface area contributed by atoms with Crippen LogP contribution >= 0.6 is 0 Å². The molecule has 0 spiro atoms. The summed E-state index contributed by atoms with van der Waals surface area (Å²) < 4.78 is 5.87. The molecule has 4 rings (SSSR count). The lowest BCUT2D eigenvalue weighted by Gasteiger charge is -2.12. The second-order valence-electron chi connectivity index (χ2n) is 8.73. The first kappa shape index (κ1) is 24.9. The number of para-hydroxylation sites is 1. The molecule has 8 heteroatoms. The number of anilines is 3. The minimum Gasteiger partial charge on any atom is -0.493 e.